The van der Waals surface area contributed by atoms with Crippen molar-refractivity contribution in [2.24, 2.45) is 5.73 Å². The molecule has 1 atom stereocenters. The third kappa shape index (κ3) is 6.43. The van der Waals surface area contributed by atoms with E-state index in [-0.39, 0.29) is 36.0 Å². The smallest absolute Gasteiger partial charge is 0.366 e. The van der Waals surface area contributed by atoms with Gasteiger partial charge >= 0.3 is 6.18 Å². The lowest BCUT2D eigenvalue weighted by molar-refractivity contribution is -0.142. The molecule has 2 aromatic heterocycles. The zero-order valence-electron chi connectivity index (χ0n) is 23.4. The van der Waals surface area contributed by atoms with E-state index in [1.165, 1.54) is 18.3 Å². The molecule has 4 aromatic rings. The zero-order chi connectivity index (χ0) is 31.8. The molecule has 1 amide bonds. The fourth-order valence-corrected chi connectivity index (χ4v) is 5.68. The average Bonchev–Trinajstić information content (AvgIpc) is 3.32. The third-order valence-electron chi connectivity index (χ3n) is 7.52. The third-order valence-corrected chi connectivity index (χ3v) is 7.52. The van der Waals surface area contributed by atoms with Crippen LogP contribution in [0.4, 0.5) is 26.3 Å². The normalized spacial score (nSPS) is 13.8. The van der Waals surface area contributed by atoms with Crippen LogP contribution in [-0.2, 0) is 30.4 Å². The van der Waals surface area contributed by atoms with Crippen molar-refractivity contribution in [1.29, 1.82) is 0 Å². The number of hydrogen-bond donors (Lipinski definition) is 1. The molecule has 5 rings (SSSR count). The van der Waals surface area contributed by atoms with Crippen molar-refractivity contribution in [2.45, 2.75) is 51.2 Å². The maximum absolute atomic E-state index is 14.2. The molecule has 0 saturated carbocycles. The van der Waals surface area contributed by atoms with E-state index in [4.69, 9.17) is 5.73 Å². The first kappa shape index (κ1) is 30.7. The van der Waals surface area contributed by atoms with Gasteiger partial charge in [0.05, 0.1) is 17.8 Å². The van der Waals surface area contributed by atoms with Crippen LogP contribution in [0.5, 0.6) is 0 Å². The highest BCUT2D eigenvalue weighted by atomic mass is 19.4. The molecule has 0 spiro atoms. The van der Waals surface area contributed by atoms with Gasteiger partial charge in [-0.3, -0.25) is 19.3 Å². The molecule has 0 aliphatic heterocycles. The first-order valence-corrected chi connectivity index (χ1v) is 13.7. The van der Waals surface area contributed by atoms with Gasteiger partial charge in [-0.05, 0) is 73.2 Å². The molecule has 6 nitrogen and oxygen atoms in total. The lowest BCUT2D eigenvalue weighted by Gasteiger charge is -2.20. The highest BCUT2D eigenvalue weighted by Crippen LogP contribution is 2.39. The number of carbonyl (C=O) groups excluding carboxylic acids is 2. The van der Waals surface area contributed by atoms with Gasteiger partial charge in [-0.2, -0.15) is 18.3 Å². The Labute approximate surface area is 248 Å². The lowest BCUT2D eigenvalue weighted by atomic mass is 9.86. The van der Waals surface area contributed by atoms with Crippen molar-refractivity contribution < 1.29 is 35.9 Å². The molecule has 12 heteroatoms. The van der Waals surface area contributed by atoms with Crippen LogP contribution in [0.1, 0.15) is 64.2 Å². The predicted octanol–water partition coefficient (Wildman–Crippen LogP) is 6.82. The number of Topliss-reactive ketones (excluding diaryl/α,β-unsaturated/α-hetero) is 1. The van der Waals surface area contributed by atoms with E-state index in [0.717, 1.165) is 22.9 Å². The first-order valence-electron chi connectivity index (χ1n) is 13.7. The molecule has 0 radical (unpaired) electrons. The summed E-state index contributed by atoms with van der Waals surface area (Å²) in [5, 5.41) is 3.78. The number of primary amides is 1. The maximum Gasteiger partial charge on any atom is 0.435 e. The minimum absolute atomic E-state index is 0.0306. The Balaban J connectivity index is 1.54. The molecule has 0 bridgehead atoms. The number of rotatable bonds is 9. The summed E-state index contributed by atoms with van der Waals surface area (Å²) >= 11 is 0. The van der Waals surface area contributed by atoms with Crippen LogP contribution in [0, 0.1) is 17.5 Å². The SMILES string of the molecule is CC1=CCCc2c1c(C(F)(F)F)nn2CC(=O)C[C@@H](Cc1cc(F)cc(F)c1)c1ncccc1-c1ccc(F)c(C(N)=O)c1. The van der Waals surface area contributed by atoms with Crippen LogP contribution < -0.4 is 5.73 Å². The number of nitrogens with zero attached hydrogens (tertiary/aromatic N) is 3. The summed E-state index contributed by atoms with van der Waals surface area (Å²) in [7, 11) is 0. The van der Waals surface area contributed by atoms with Gasteiger partial charge in [-0.25, -0.2) is 13.2 Å². The Morgan fingerprint density at radius 2 is 1.77 bits per heavy atom. The summed E-state index contributed by atoms with van der Waals surface area (Å²) in [5.74, 6) is -4.81. The number of benzene rings is 2. The Morgan fingerprint density at radius 1 is 1.05 bits per heavy atom. The summed E-state index contributed by atoms with van der Waals surface area (Å²) in [6.07, 6.45) is -1.18. The molecule has 2 heterocycles. The number of allylic oxidation sites excluding steroid dienone is 2. The lowest BCUT2D eigenvalue weighted by Crippen LogP contribution is -2.19. The van der Waals surface area contributed by atoms with Crippen molar-refractivity contribution >= 4 is 17.3 Å². The standard InChI is InChI=1S/C32H26F6N4O2/c1-17-4-2-6-27-28(17)30(32(36,37)38)41-42(27)16-23(43)13-20(10-18-11-21(33)15-22(34)12-18)29-24(5-3-9-40-29)19-7-8-26(35)25(14-19)31(39)44/h3-5,7-9,11-12,14-15,20H,2,6,10,13,16H2,1H3,(H2,39,44)/t20-/m1/s1. The van der Waals surface area contributed by atoms with Crippen LogP contribution in [0.2, 0.25) is 0 Å². The van der Waals surface area contributed by atoms with Crippen LogP contribution in [-0.4, -0.2) is 26.5 Å². The Morgan fingerprint density at radius 3 is 2.45 bits per heavy atom. The fourth-order valence-electron chi connectivity index (χ4n) is 5.68. The summed E-state index contributed by atoms with van der Waals surface area (Å²) in [6, 6.07) is 9.83. The summed E-state index contributed by atoms with van der Waals surface area (Å²) in [5.41, 5.74) is 5.86. The summed E-state index contributed by atoms with van der Waals surface area (Å²) < 4.78 is 85.1. The number of aromatic nitrogens is 3. The predicted molar refractivity (Wildman–Crippen MR) is 150 cm³/mol. The molecule has 1 aliphatic carbocycles. The summed E-state index contributed by atoms with van der Waals surface area (Å²) in [4.78, 5) is 29.8. The number of carbonyl (C=O) groups is 2. The van der Waals surface area contributed by atoms with E-state index in [1.807, 2.05) is 0 Å². The van der Waals surface area contributed by atoms with Crippen LogP contribution in [0.25, 0.3) is 16.7 Å². The molecule has 1 aliphatic rings. The van der Waals surface area contributed by atoms with Gasteiger partial charge in [0.15, 0.2) is 11.5 Å². The number of halogens is 6. The molecule has 0 unspecified atom stereocenters. The van der Waals surface area contributed by atoms with E-state index in [9.17, 15) is 35.9 Å². The highest BCUT2D eigenvalue weighted by Gasteiger charge is 2.40. The first-order chi connectivity index (χ1) is 20.8. The number of hydrogen-bond acceptors (Lipinski definition) is 4. The van der Waals surface area contributed by atoms with Crippen LogP contribution >= 0.6 is 0 Å². The van der Waals surface area contributed by atoms with Gasteiger partial charge in [0, 0.05) is 41.4 Å². The van der Waals surface area contributed by atoms with Gasteiger partial charge in [0.1, 0.15) is 17.5 Å². The van der Waals surface area contributed by atoms with E-state index >= 15 is 0 Å². The van der Waals surface area contributed by atoms with Crippen molar-refractivity contribution in [2.75, 3.05) is 0 Å². The topological polar surface area (TPSA) is 90.9 Å². The second-order valence-corrected chi connectivity index (χ2v) is 10.7. The molecule has 2 aromatic carbocycles. The molecule has 0 fully saturated rings. The fraction of sp³-hybridized carbons (Fsp3) is 0.250. The number of alkyl halides is 3. The Hall–Kier alpha value is -4.74. The van der Waals surface area contributed by atoms with E-state index < -0.39 is 53.5 Å². The maximum atomic E-state index is 14.2. The van der Waals surface area contributed by atoms with E-state index in [2.05, 4.69) is 10.1 Å². The highest BCUT2D eigenvalue weighted by molar-refractivity contribution is 5.94. The molecule has 0 saturated heterocycles. The van der Waals surface area contributed by atoms with E-state index in [0.29, 0.717) is 40.6 Å². The monoisotopic (exact) mass is 612 g/mol. The second-order valence-electron chi connectivity index (χ2n) is 10.7. The number of pyridine rings is 1. The van der Waals surface area contributed by atoms with Gasteiger partial charge in [-0.15, -0.1) is 0 Å². The molecule has 44 heavy (non-hydrogen) atoms. The van der Waals surface area contributed by atoms with Gasteiger partial charge in [-0.1, -0.05) is 18.2 Å². The second kappa shape index (κ2) is 12.1. The number of ketones is 1. The molecular weight excluding hydrogens is 586 g/mol. The van der Waals surface area contributed by atoms with Gasteiger partial charge < -0.3 is 5.73 Å². The van der Waals surface area contributed by atoms with Gasteiger partial charge in [0.2, 0.25) is 0 Å². The minimum Gasteiger partial charge on any atom is -0.366 e. The molecular formula is C32H26F6N4O2. The number of amides is 1. The zero-order valence-corrected chi connectivity index (χ0v) is 23.4. The van der Waals surface area contributed by atoms with E-state index in [1.54, 1.807) is 25.1 Å². The minimum atomic E-state index is -4.73. The quantitative estimate of drug-likeness (QED) is 0.210. The average molecular weight is 613 g/mol. The largest absolute Gasteiger partial charge is 0.435 e. The Bertz CT molecular complexity index is 1770. The molecule has 228 valence electrons. The van der Waals surface area contributed by atoms with Crippen molar-refractivity contribution in [3.8, 4) is 11.1 Å². The van der Waals surface area contributed by atoms with Crippen molar-refractivity contribution in [1.82, 2.24) is 14.8 Å². The number of nitrogens with two attached hydrogens (primary N) is 1. The van der Waals surface area contributed by atoms with Crippen LogP contribution in [0.3, 0.4) is 0 Å². The van der Waals surface area contributed by atoms with Crippen molar-refractivity contribution in [3.05, 3.63) is 112 Å². The number of fused-ring (bicyclic) bond motifs is 1. The van der Waals surface area contributed by atoms with Gasteiger partial charge in [0.25, 0.3) is 5.91 Å². The van der Waals surface area contributed by atoms with Crippen LogP contribution in [0.15, 0.2) is 60.8 Å². The van der Waals surface area contributed by atoms with Crippen molar-refractivity contribution in [3.63, 3.8) is 0 Å². The summed E-state index contributed by atoms with van der Waals surface area (Å²) in [6.45, 7) is 1.10. The Kier molecular flexibility index (Phi) is 8.44. The molecule has 2 N–H and O–H groups in total.